The number of piperidine rings is 1. The molecule has 0 aromatic rings. The number of carbonyl (C=O) groups is 2. The maximum absolute atomic E-state index is 13.0. The number of hydrogen-bond donors (Lipinski definition) is 5. The third-order valence-electron chi connectivity index (χ3n) is 5.63. The van der Waals surface area contributed by atoms with Crippen LogP contribution in [0.3, 0.4) is 0 Å². The molecule has 0 spiro atoms. The van der Waals surface area contributed by atoms with Crippen molar-refractivity contribution in [2.24, 2.45) is 4.99 Å². The predicted octanol–water partition coefficient (Wildman–Crippen LogP) is 3.25. The second-order valence-corrected chi connectivity index (χ2v) is 10.3. The minimum absolute atomic E-state index is 0.0523. The molecular formula is C27H37N7O4. The molecule has 38 heavy (non-hydrogen) atoms. The Hall–Kier alpha value is -4.15. The van der Waals surface area contributed by atoms with Gasteiger partial charge in [-0.15, -0.1) is 0 Å². The highest BCUT2D eigenvalue weighted by atomic mass is 16.6. The second kappa shape index (κ2) is 12.4. The van der Waals surface area contributed by atoms with Crippen molar-refractivity contribution in [2.45, 2.75) is 65.2 Å². The number of nitrogens with zero attached hydrogens (tertiary/aromatic N) is 2. The smallest absolute Gasteiger partial charge is 0.410 e. The Morgan fingerprint density at radius 1 is 1.24 bits per heavy atom. The number of nitrogens with one attached hydrogen (secondary N) is 5. The van der Waals surface area contributed by atoms with Crippen LogP contribution < -0.4 is 16.0 Å². The van der Waals surface area contributed by atoms with Crippen LogP contribution in [-0.4, -0.2) is 65.9 Å². The maximum atomic E-state index is 13.0. The Morgan fingerprint density at radius 2 is 1.95 bits per heavy atom. The molecule has 3 aliphatic rings. The molecule has 11 nitrogen and oxygen atoms in total. The van der Waals surface area contributed by atoms with Crippen LogP contribution in [0.15, 0.2) is 64.0 Å². The summed E-state index contributed by atoms with van der Waals surface area (Å²) in [5, 5.41) is 25.2. The molecule has 11 heteroatoms. The van der Waals surface area contributed by atoms with Crippen LogP contribution in [0, 0.1) is 10.8 Å². The lowest BCUT2D eigenvalue weighted by Gasteiger charge is -2.33. The SMILES string of the molecule is CC(C)OC1=CC(=N)/C(=C\NC2CCN(C(=O)OC(C)(C)C)CC2)C=C1NC(=O)/C(C=N)=C1\N=CC=CN1. The van der Waals surface area contributed by atoms with Crippen molar-refractivity contribution in [2.75, 3.05) is 13.1 Å². The van der Waals surface area contributed by atoms with Crippen molar-refractivity contribution in [3.63, 3.8) is 0 Å². The summed E-state index contributed by atoms with van der Waals surface area (Å²) < 4.78 is 11.3. The largest absolute Gasteiger partial charge is 0.489 e. The molecule has 0 bridgehead atoms. The minimum Gasteiger partial charge on any atom is -0.489 e. The average molecular weight is 524 g/mol. The van der Waals surface area contributed by atoms with Gasteiger partial charge in [-0.05, 0) is 59.6 Å². The molecule has 1 fully saturated rings. The third-order valence-corrected chi connectivity index (χ3v) is 5.63. The van der Waals surface area contributed by atoms with Crippen molar-refractivity contribution >= 4 is 30.1 Å². The van der Waals surface area contributed by atoms with E-state index in [9.17, 15) is 9.59 Å². The molecular weight excluding hydrogens is 486 g/mol. The van der Waals surface area contributed by atoms with Crippen LogP contribution in [0.2, 0.25) is 0 Å². The van der Waals surface area contributed by atoms with Crippen LogP contribution >= 0.6 is 0 Å². The van der Waals surface area contributed by atoms with E-state index in [1.54, 1.807) is 35.5 Å². The van der Waals surface area contributed by atoms with Crippen LogP contribution in [0.25, 0.3) is 0 Å². The summed E-state index contributed by atoms with van der Waals surface area (Å²) >= 11 is 0. The van der Waals surface area contributed by atoms with Crippen LogP contribution in [0.4, 0.5) is 4.79 Å². The number of aliphatic imine (C=N–C) groups is 1. The molecule has 2 aliphatic heterocycles. The summed E-state index contributed by atoms with van der Waals surface area (Å²) in [6.07, 6.45) is 11.7. The Morgan fingerprint density at radius 3 is 2.53 bits per heavy atom. The van der Waals surface area contributed by atoms with Gasteiger partial charge in [0, 0.05) is 55.6 Å². The standard InChI is InChI=1S/C27H37N7O4/c1-17(2)37-23-14-21(29)18(13-22(23)33-25(35)20(15-28)24-30-9-6-10-31-24)16-32-19-7-11-34(12-8-19)26(36)38-27(3,4)5/h6,9-10,13-17,19,28-30,32H,7-8,11-12H2,1-5H3,(H,33,35)/b18-16-,24-20-,28-15?,29-21?. The average Bonchev–Trinajstić information content (AvgIpc) is 2.85. The van der Waals surface area contributed by atoms with Gasteiger partial charge in [0.2, 0.25) is 0 Å². The summed E-state index contributed by atoms with van der Waals surface area (Å²) in [5.41, 5.74) is 0.688. The molecule has 3 rings (SSSR count). The molecule has 0 aromatic heterocycles. The van der Waals surface area contributed by atoms with E-state index >= 15 is 0 Å². The number of carbonyl (C=O) groups excluding carboxylic acids is 2. The Labute approximate surface area is 223 Å². The third kappa shape index (κ3) is 7.92. The lowest BCUT2D eigenvalue weighted by molar-refractivity contribution is -0.116. The first kappa shape index (κ1) is 28.4. The first-order valence-electron chi connectivity index (χ1n) is 12.6. The second-order valence-electron chi connectivity index (χ2n) is 10.3. The summed E-state index contributed by atoms with van der Waals surface area (Å²) in [4.78, 5) is 31.2. The zero-order chi connectivity index (χ0) is 27.9. The van der Waals surface area contributed by atoms with Gasteiger partial charge >= 0.3 is 6.09 Å². The highest BCUT2D eigenvalue weighted by molar-refractivity contribution is 6.14. The van der Waals surface area contributed by atoms with Crippen molar-refractivity contribution in [1.82, 2.24) is 20.9 Å². The van der Waals surface area contributed by atoms with E-state index in [-0.39, 0.29) is 35.3 Å². The van der Waals surface area contributed by atoms with Gasteiger partial charge in [-0.3, -0.25) is 4.79 Å². The quantitative estimate of drug-likeness (QED) is 0.255. The number of likely N-dealkylation sites (tertiary alicyclic amines) is 1. The normalized spacial score (nSPS) is 20.4. The van der Waals surface area contributed by atoms with E-state index in [0.717, 1.165) is 19.1 Å². The number of amides is 2. The number of allylic oxidation sites excluding steroid dienone is 4. The molecule has 1 aliphatic carbocycles. The molecule has 1 saturated heterocycles. The first-order chi connectivity index (χ1) is 18.0. The molecule has 0 aromatic carbocycles. The predicted molar refractivity (Wildman–Crippen MR) is 147 cm³/mol. The molecule has 2 amide bonds. The van der Waals surface area contributed by atoms with Crippen molar-refractivity contribution in [3.8, 4) is 0 Å². The van der Waals surface area contributed by atoms with Gasteiger partial charge in [0.25, 0.3) is 5.91 Å². The van der Waals surface area contributed by atoms with Crippen LogP contribution in [-0.2, 0) is 14.3 Å². The fourth-order valence-electron chi connectivity index (χ4n) is 3.83. The monoisotopic (exact) mass is 523 g/mol. The van der Waals surface area contributed by atoms with Gasteiger partial charge < -0.3 is 41.1 Å². The Kier molecular flexibility index (Phi) is 9.27. The zero-order valence-electron chi connectivity index (χ0n) is 22.6. The Balaban J connectivity index is 1.71. The Bertz CT molecular complexity index is 1140. The fourth-order valence-corrected chi connectivity index (χ4v) is 3.83. The maximum Gasteiger partial charge on any atom is 0.410 e. The molecule has 0 atom stereocenters. The summed E-state index contributed by atoms with van der Waals surface area (Å²) in [6.45, 7) is 10.4. The molecule has 0 saturated carbocycles. The molecule has 0 radical (unpaired) electrons. The number of hydrogen-bond acceptors (Lipinski definition) is 9. The van der Waals surface area contributed by atoms with Crippen molar-refractivity contribution in [1.29, 1.82) is 10.8 Å². The minimum atomic E-state index is -0.533. The van der Waals surface area contributed by atoms with E-state index in [1.165, 1.54) is 6.21 Å². The summed E-state index contributed by atoms with van der Waals surface area (Å²) in [7, 11) is 0. The van der Waals surface area contributed by atoms with Crippen LogP contribution in [0.1, 0.15) is 47.5 Å². The van der Waals surface area contributed by atoms with E-state index in [1.807, 2.05) is 34.6 Å². The number of ether oxygens (including phenoxy) is 2. The highest BCUT2D eigenvalue weighted by Crippen LogP contribution is 2.22. The summed E-state index contributed by atoms with van der Waals surface area (Å²) in [5.74, 6) is 0.0832. The van der Waals surface area contributed by atoms with E-state index < -0.39 is 11.5 Å². The van der Waals surface area contributed by atoms with Gasteiger partial charge in [0.15, 0.2) is 0 Å². The van der Waals surface area contributed by atoms with Crippen molar-refractivity contribution in [3.05, 3.63) is 59.1 Å². The van der Waals surface area contributed by atoms with Crippen LogP contribution in [0.5, 0.6) is 0 Å². The van der Waals surface area contributed by atoms with Gasteiger partial charge in [0.1, 0.15) is 17.2 Å². The molecule has 2 heterocycles. The van der Waals surface area contributed by atoms with E-state index in [0.29, 0.717) is 30.1 Å². The summed E-state index contributed by atoms with van der Waals surface area (Å²) in [6, 6.07) is 0.121. The molecule has 0 unspecified atom stereocenters. The molecule has 5 N–H and O–H groups in total. The topological polar surface area (TPSA) is 152 Å². The fraction of sp³-hybridized carbons (Fsp3) is 0.444. The van der Waals surface area contributed by atoms with Gasteiger partial charge in [-0.2, -0.15) is 0 Å². The lowest BCUT2D eigenvalue weighted by Crippen LogP contribution is -2.45. The van der Waals surface area contributed by atoms with Gasteiger partial charge in [0.05, 0.1) is 23.1 Å². The number of rotatable bonds is 7. The highest BCUT2D eigenvalue weighted by Gasteiger charge is 2.27. The first-order valence-corrected chi connectivity index (χ1v) is 12.6. The van der Waals surface area contributed by atoms with E-state index in [4.69, 9.17) is 20.3 Å². The zero-order valence-corrected chi connectivity index (χ0v) is 22.6. The molecule has 204 valence electrons. The van der Waals surface area contributed by atoms with Gasteiger partial charge in [-0.1, -0.05) is 0 Å². The lowest BCUT2D eigenvalue weighted by atomic mass is 10.0. The van der Waals surface area contributed by atoms with E-state index in [2.05, 4.69) is 20.9 Å². The van der Waals surface area contributed by atoms with Crippen molar-refractivity contribution < 1.29 is 19.1 Å². The van der Waals surface area contributed by atoms with Gasteiger partial charge in [-0.25, -0.2) is 9.79 Å².